The molecule has 1 rings (SSSR count). The number of aryl methyl sites for hydroxylation is 1. The van der Waals surface area contributed by atoms with E-state index in [9.17, 15) is 0 Å². The third kappa shape index (κ3) is 3.76. The van der Waals surface area contributed by atoms with Crippen molar-refractivity contribution in [2.75, 3.05) is 13.2 Å². The van der Waals surface area contributed by atoms with Gasteiger partial charge in [-0.3, -0.25) is 0 Å². The number of aromatic nitrogens is 3. The maximum absolute atomic E-state index is 5.88. The normalized spacial score (nSPS) is 14.7. The molecule has 1 N–H and O–H groups in total. The third-order valence-corrected chi connectivity index (χ3v) is 3.44. The summed E-state index contributed by atoms with van der Waals surface area (Å²) in [5, 5.41) is 11.6. The number of likely N-dealkylation sites (N-methyl/N-ethyl adjacent to an activating group) is 1. The molecule has 2 atom stereocenters. The van der Waals surface area contributed by atoms with Gasteiger partial charge in [0.1, 0.15) is 0 Å². The minimum atomic E-state index is 0.115. The van der Waals surface area contributed by atoms with Crippen LogP contribution in [0.3, 0.4) is 0 Å². The maximum Gasteiger partial charge on any atom is 0.153 e. The molecule has 0 saturated heterocycles. The first-order chi connectivity index (χ1) is 8.65. The van der Waals surface area contributed by atoms with E-state index in [2.05, 4.69) is 45.4 Å². The Labute approximate surface area is 117 Å². The smallest absolute Gasteiger partial charge is 0.153 e. The van der Waals surface area contributed by atoms with Gasteiger partial charge in [0, 0.05) is 13.7 Å². The van der Waals surface area contributed by atoms with Gasteiger partial charge < -0.3 is 10.1 Å². The molecule has 0 bridgehead atoms. The standard InChI is InChI=1S/C12H23BrN4O/c1-5-8-9(18-7-3)10(14-6-2)11-12(13)15-16-17(11)4/h9-10,14H,5-8H2,1-4H3. The monoisotopic (exact) mass is 318 g/mol. The van der Waals surface area contributed by atoms with E-state index in [1.807, 2.05) is 14.0 Å². The van der Waals surface area contributed by atoms with Gasteiger partial charge in [0.2, 0.25) is 0 Å². The minimum absolute atomic E-state index is 0.115. The van der Waals surface area contributed by atoms with Gasteiger partial charge in [-0.2, -0.15) is 0 Å². The fourth-order valence-corrected chi connectivity index (χ4v) is 2.71. The van der Waals surface area contributed by atoms with Crippen LogP contribution >= 0.6 is 15.9 Å². The molecule has 0 amide bonds. The highest BCUT2D eigenvalue weighted by Gasteiger charge is 2.27. The number of hydrogen-bond acceptors (Lipinski definition) is 4. The molecule has 6 heteroatoms. The van der Waals surface area contributed by atoms with E-state index < -0.39 is 0 Å². The van der Waals surface area contributed by atoms with Crippen LogP contribution < -0.4 is 5.32 Å². The lowest BCUT2D eigenvalue weighted by Gasteiger charge is -2.27. The molecule has 0 aliphatic rings. The highest BCUT2D eigenvalue weighted by Crippen LogP contribution is 2.27. The number of halogens is 1. The van der Waals surface area contributed by atoms with Crippen LogP contribution in [0.1, 0.15) is 45.3 Å². The van der Waals surface area contributed by atoms with Crippen LogP contribution in [0.5, 0.6) is 0 Å². The van der Waals surface area contributed by atoms with E-state index in [0.29, 0.717) is 0 Å². The van der Waals surface area contributed by atoms with Crippen molar-refractivity contribution in [3.63, 3.8) is 0 Å². The van der Waals surface area contributed by atoms with Gasteiger partial charge in [-0.05, 0) is 35.8 Å². The molecule has 2 unspecified atom stereocenters. The van der Waals surface area contributed by atoms with Gasteiger partial charge in [0.05, 0.1) is 17.8 Å². The van der Waals surface area contributed by atoms with E-state index in [1.165, 1.54) is 0 Å². The van der Waals surface area contributed by atoms with E-state index in [-0.39, 0.29) is 12.1 Å². The average molecular weight is 319 g/mol. The zero-order valence-corrected chi connectivity index (χ0v) is 13.2. The average Bonchev–Trinajstić information content (AvgIpc) is 2.66. The van der Waals surface area contributed by atoms with Gasteiger partial charge >= 0.3 is 0 Å². The maximum atomic E-state index is 5.88. The van der Waals surface area contributed by atoms with E-state index in [0.717, 1.165) is 36.3 Å². The molecule has 0 aliphatic heterocycles. The summed E-state index contributed by atoms with van der Waals surface area (Å²) in [6, 6.07) is 0.115. The molecule has 1 aromatic heterocycles. The Morgan fingerprint density at radius 3 is 2.56 bits per heavy atom. The fraction of sp³-hybridized carbons (Fsp3) is 0.833. The Morgan fingerprint density at radius 1 is 1.39 bits per heavy atom. The Hall–Kier alpha value is -0.460. The first-order valence-corrected chi connectivity index (χ1v) is 7.34. The Morgan fingerprint density at radius 2 is 2.11 bits per heavy atom. The molecule has 0 saturated carbocycles. The quantitative estimate of drug-likeness (QED) is 0.799. The van der Waals surface area contributed by atoms with Crippen molar-refractivity contribution in [1.29, 1.82) is 0 Å². The number of ether oxygens (including phenoxy) is 1. The minimum Gasteiger partial charge on any atom is -0.376 e. The van der Waals surface area contributed by atoms with E-state index in [4.69, 9.17) is 4.74 Å². The molecule has 1 heterocycles. The molecule has 1 aromatic rings. The van der Waals surface area contributed by atoms with Crippen LogP contribution in [-0.2, 0) is 11.8 Å². The van der Waals surface area contributed by atoms with Gasteiger partial charge in [0.25, 0.3) is 0 Å². The Balaban J connectivity index is 2.98. The van der Waals surface area contributed by atoms with Crippen molar-refractivity contribution in [2.24, 2.45) is 7.05 Å². The van der Waals surface area contributed by atoms with Crippen LogP contribution in [-0.4, -0.2) is 34.2 Å². The van der Waals surface area contributed by atoms with Crippen molar-refractivity contribution >= 4 is 15.9 Å². The first-order valence-electron chi connectivity index (χ1n) is 6.55. The van der Waals surface area contributed by atoms with Gasteiger partial charge in [-0.25, -0.2) is 4.68 Å². The number of nitrogens with zero attached hydrogens (tertiary/aromatic N) is 3. The SMILES string of the molecule is CCCC(OCC)C(NCC)c1c(Br)nnn1C. The molecule has 0 aromatic carbocycles. The molecule has 18 heavy (non-hydrogen) atoms. The van der Waals surface area contributed by atoms with E-state index >= 15 is 0 Å². The zero-order chi connectivity index (χ0) is 13.5. The number of rotatable bonds is 8. The van der Waals surface area contributed by atoms with Crippen LogP contribution in [0.15, 0.2) is 4.60 Å². The summed E-state index contributed by atoms with van der Waals surface area (Å²) in [6.07, 6.45) is 2.26. The van der Waals surface area contributed by atoms with Gasteiger partial charge in [-0.1, -0.05) is 25.5 Å². The number of nitrogens with one attached hydrogen (secondary N) is 1. The van der Waals surface area contributed by atoms with E-state index in [1.54, 1.807) is 4.68 Å². The lowest BCUT2D eigenvalue weighted by Crippen LogP contribution is -2.35. The topological polar surface area (TPSA) is 52.0 Å². The third-order valence-electron chi connectivity index (χ3n) is 2.87. The molecule has 5 nitrogen and oxygen atoms in total. The summed E-state index contributed by atoms with van der Waals surface area (Å²) in [5.74, 6) is 0. The van der Waals surface area contributed by atoms with Crippen molar-refractivity contribution in [2.45, 2.75) is 45.8 Å². The molecule has 104 valence electrons. The highest BCUT2D eigenvalue weighted by atomic mass is 79.9. The van der Waals surface area contributed by atoms with Crippen LogP contribution in [0.25, 0.3) is 0 Å². The summed E-state index contributed by atoms with van der Waals surface area (Å²) < 4.78 is 8.47. The second-order valence-electron chi connectivity index (χ2n) is 4.21. The van der Waals surface area contributed by atoms with Crippen molar-refractivity contribution in [3.8, 4) is 0 Å². The second kappa shape index (κ2) is 7.86. The van der Waals surface area contributed by atoms with Crippen LogP contribution in [0, 0.1) is 0 Å². The lowest BCUT2D eigenvalue weighted by atomic mass is 10.0. The summed E-state index contributed by atoms with van der Waals surface area (Å²) in [6.45, 7) is 7.90. The fourth-order valence-electron chi connectivity index (χ4n) is 2.14. The molecule has 0 radical (unpaired) electrons. The van der Waals surface area contributed by atoms with Crippen molar-refractivity contribution < 1.29 is 4.74 Å². The first kappa shape index (κ1) is 15.6. The molecular weight excluding hydrogens is 296 g/mol. The van der Waals surface area contributed by atoms with Crippen LogP contribution in [0.4, 0.5) is 0 Å². The summed E-state index contributed by atoms with van der Waals surface area (Å²) in [5.41, 5.74) is 1.05. The zero-order valence-electron chi connectivity index (χ0n) is 11.6. The van der Waals surface area contributed by atoms with Crippen molar-refractivity contribution in [1.82, 2.24) is 20.3 Å². The second-order valence-corrected chi connectivity index (χ2v) is 4.96. The molecule has 0 aliphatic carbocycles. The summed E-state index contributed by atoms with van der Waals surface area (Å²) in [4.78, 5) is 0. The largest absolute Gasteiger partial charge is 0.376 e. The van der Waals surface area contributed by atoms with Gasteiger partial charge in [0.15, 0.2) is 4.60 Å². The number of hydrogen-bond donors (Lipinski definition) is 1. The van der Waals surface area contributed by atoms with Gasteiger partial charge in [-0.15, -0.1) is 5.10 Å². The predicted molar refractivity (Wildman–Crippen MR) is 75.4 cm³/mol. The Kier molecular flexibility index (Phi) is 6.81. The molecule has 0 spiro atoms. The van der Waals surface area contributed by atoms with Crippen molar-refractivity contribution in [3.05, 3.63) is 10.3 Å². The predicted octanol–water partition coefficient (Wildman–Crippen LogP) is 2.43. The molecule has 0 fully saturated rings. The highest BCUT2D eigenvalue weighted by molar-refractivity contribution is 9.10. The summed E-state index contributed by atoms with van der Waals surface area (Å²) >= 11 is 3.47. The Bertz CT molecular complexity index is 330. The molecular formula is C12H23BrN4O. The lowest BCUT2D eigenvalue weighted by molar-refractivity contribution is 0.0258. The summed E-state index contributed by atoms with van der Waals surface area (Å²) in [7, 11) is 1.91. The van der Waals surface area contributed by atoms with Crippen LogP contribution in [0.2, 0.25) is 0 Å².